The lowest BCUT2D eigenvalue weighted by molar-refractivity contribution is 0.152. The van der Waals surface area contributed by atoms with E-state index in [4.69, 9.17) is 10.2 Å². The Morgan fingerprint density at radius 2 is 2.00 bits per heavy atom. The number of nitrogens with one attached hydrogen (secondary N) is 3. The summed E-state index contributed by atoms with van der Waals surface area (Å²) in [6, 6.07) is 9.96. The van der Waals surface area contributed by atoms with Gasteiger partial charge in [-0.2, -0.15) is 0 Å². The van der Waals surface area contributed by atoms with Crippen molar-refractivity contribution < 1.29 is 23.8 Å². The summed E-state index contributed by atoms with van der Waals surface area (Å²) in [5.41, 5.74) is 2.28. The maximum absolute atomic E-state index is 12.4. The van der Waals surface area contributed by atoms with Gasteiger partial charge in [0.15, 0.2) is 0 Å². The molecule has 32 heavy (non-hydrogen) atoms. The molecular weight excluding hydrogens is 436 g/mol. The number of carboxylic acid groups (broad SMARTS) is 1. The maximum Gasteiger partial charge on any atom is 0.404 e. The molecule has 5 N–H and O–H groups in total. The number of aliphatic hydroxyl groups excluding tert-OH is 1. The predicted octanol–water partition coefficient (Wildman–Crippen LogP) is 4.40. The largest absolute Gasteiger partial charge is 0.465 e. The Morgan fingerprint density at radius 1 is 1.25 bits per heavy atom. The van der Waals surface area contributed by atoms with Crippen LogP contribution >= 0.6 is 11.3 Å². The molecular formula is C23H33F2N3O3S. The Hall–Kier alpha value is -2.07. The Balaban J connectivity index is 0.000000187. The van der Waals surface area contributed by atoms with Crippen molar-refractivity contribution in [3.05, 3.63) is 46.8 Å². The Kier molecular flexibility index (Phi) is 11.6. The van der Waals surface area contributed by atoms with Crippen molar-refractivity contribution in [3.8, 4) is 10.4 Å². The zero-order chi connectivity index (χ0) is 23.3. The molecule has 1 amide bonds. The van der Waals surface area contributed by atoms with E-state index in [1.54, 1.807) is 6.07 Å². The lowest BCUT2D eigenvalue weighted by atomic mass is 10.1. The normalized spacial score (nSPS) is 19.7. The average molecular weight is 470 g/mol. The van der Waals surface area contributed by atoms with Crippen LogP contribution in [0.5, 0.6) is 0 Å². The SMILES string of the molecule is Cc1ccc(-c2cc(C(F)F)cs2)cc1.O=C(O)NCCC1CCCN1.OC1CCNC1. The Bertz CT molecular complexity index is 790. The molecule has 178 valence electrons. The molecule has 0 saturated carbocycles. The fourth-order valence-corrected chi connectivity index (χ4v) is 4.24. The van der Waals surface area contributed by atoms with E-state index in [0.29, 0.717) is 12.6 Å². The summed E-state index contributed by atoms with van der Waals surface area (Å²) in [4.78, 5) is 10.9. The van der Waals surface area contributed by atoms with Crippen LogP contribution in [0.3, 0.4) is 0 Å². The quantitative estimate of drug-likeness (QED) is 0.448. The van der Waals surface area contributed by atoms with E-state index in [-0.39, 0.29) is 11.7 Å². The first-order valence-corrected chi connectivity index (χ1v) is 11.8. The summed E-state index contributed by atoms with van der Waals surface area (Å²) in [5, 5.41) is 27.1. The first-order valence-electron chi connectivity index (χ1n) is 10.9. The van der Waals surface area contributed by atoms with Gasteiger partial charge < -0.3 is 26.2 Å². The third-order valence-corrected chi connectivity index (χ3v) is 6.17. The number of alkyl halides is 2. The van der Waals surface area contributed by atoms with Crippen LogP contribution in [-0.2, 0) is 0 Å². The van der Waals surface area contributed by atoms with Gasteiger partial charge in [0.2, 0.25) is 0 Å². The molecule has 0 aliphatic carbocycles. The zero-order valence-electron chi connectivity index (χ0n) is 18.3. The van der Waals surface area contributed by atoms with E-state index in [1.807, 2.05) is 31.2 Å². The fourth-order valence-electron chi connectivity index (χ4n) is 3.33. The van der Waals surface area contributed by atoms with Crippen LogP contribution in [-0.4, -0.2) is 54.6 Å². The molecule has 2 fully saturated rings. The Labute approximate surface area is 192 Å². The second-order valence-electron chi connectivity index (χ2n) is 7.87. The van der Waals surface area contributed by atoms with E-state index < -0.39 is 12.5 Å². The van der Waals surface area contributed by atoms with Crippen molar-refractivity contribution in [2.75, 3.05) is 26.2 Å². The molecule has 2 saturated heterocycles. The van der Waals surface area contributed by atoms with Crippen LogP contribution in [0.4, 0.5) is 13.6 Å². The minimum absolute atomic E-state index is 0.0648. The van der Waals surface area contributed by atoms with Gasteiger partial charge in [-0.15, -0.1) is 11.3 Å². The van der Waals surface area contributed by atoms with Gasteiger partial charge in [-0.25, -0.2) is 13.6 Å². The third-order valence-electron chi connectivity index (χ3n) is 5.17. The van der Waals surface area contributed by atoms with E-state index in [9.17, 15) is 13.6 Å². The second kappa shape index (κ2) is 14.2. The molecule has 9 heteroatoms. The van der Waals surface area contributed by atoms with Gasteiger partial charge in [-0.3, -0.25) is 0 Å². The summed E-state index contributed by atoms with van der Waals surface area (Å²) in [6.07, 6.45) is 0.874. The molecule has 0 radical (unpaired) electrons. The summed E-state index contributed by atoms with van der Waals surface area (Å²) >= 11 is 1.36. The molecule has 6 nitrogen and oxygen atoms in total. The van der Waals surface area contributed by atoms with Crippen LogP contribution < -0.4 is 16.0 Å². The summed E-state index contributed by atoms with van der Waals surface area (Å²) in [6.45, 7) is 5.43. The highest BCUT2D eigenvalue weighted by molar-refractivity contribution is 7.13. The third kappa shape index (κ3) is 10.0. The van der Waals surface area contributed by atoms with Crippen molar-refractivity contribution in [2.45, 2.75) is 51.2 Å². The molecule has 2 aromatic rings. The van der Waals surface area contributed by atoms with Crippen LogP contribution in [0.2, 0.25) is 0 Å². The first-order chi connectivity index (χ1) is 15.3. The average Bonchev–Trinajstić information content (AvgIpc) is 3.52. The molecule has 4 rings (SSSR count). The molecule has 2 aliphatic rings. The number of halogens is 2. The molecule has 0 spiro atoms. The number of thiophene rings is 1. The van der Waals surface area contributed by atoms with Crippen LogP contribution in [0, 0.1) is 6.92 Å². The van der Waals surface area contributed by atoms with Gasteiger partial charge in [0.25, 0.3) is 6.43 Å². The number of aliphatic hydroxyl groups is 1. The topological polar surface area (TPSA) is 93.6 Å². The van der Waals surface area contributed by atoms with E-state index in [1.165, 1.54) is 35.1 Å². The molecule has 3 heterocycles. The van der Waals surface area contributed by atoms with Gasteiger partial charge in [0.1, 0.15) is 0 Å². The number of amides is 1. The van der Waals surface area contributed by atoms with Crippen LogP contribution in [0.1, 0.15) is 43.2 Å². The van der Waals surface area contributed by atoms with Crippen LogP contribution in [0.25, 0.3) is 10.4 Å². The first kappa shape index (κ1) is 26.2. The number of rotatable bonds is 5. The maximum atomic E-state index is 12.4. The number of hydrogen-bond donors (Lipinski definition) is 5. The van der Waals surface area contributed by atoms with Crippen molar-refractivity contribution in [2.24, 2.45) is 0 Å². The van der Waals surface area contributed by atoms with Crippen LogP contribution in [0.15, 0.2) is 35.7 Å². The highest BCUT2D eigenvalue weighted by Gasteiger charge is 2.13. The summed E-state index contributed by atoms with van der Waals surface area (Å²) in [5.74, 6) is 0. The van der Waals surface area contributed by atoms with Crippen molar-refractivity contribution in [1.82, 2.24) is 16.0 Å². The number of aryl methyl sites for hydroxylation is 1. The van der Waals surface area contributed by atoms with Crippen molar-refractivity contribution in [3.63, 3.8) is 0 Å². The van der Waals surface area contributed by atoms with Gasteiger partial charge in [0.05, 0.1) is 6.10 Å². The molecule has 2 atom stereocenters. The number of benzene rings is 1. The van der Waals surface area contributed by atoms with E-state index >= 15 is 0 Å². The molecule has 1 aromatic heterocycles. The highest BCUT2D eigenvalue weighted by atomic mass is 32.1. The second-order valence-corrected chi connectivity index (χ2v) is 8.78. The molecule has 2 unspecified atom stereocenters. The number of hydrogen-bond acceptors (Lipinski definition) is 5. The monoisotopic (exact) mass is 469 g/mol. The summed E-state index contributed by atoms with van der Waals surface area (Å²) < 4.78 is 24.7. The fraction of sp³-hybridized carbons (Fsp3) is 0.522. The summed E-state index contributed by atoms with van der Waals surface area (Å²) in [7, 11) is 0. The Morgan fingerprint density at radius 3 is 2.47 bits per heavy atom. The molecule has 1 aromatic carbocycles. The van der Waals surface area contributed by atoms with Crippen molar-refractivity contribution in [1.29, 1.82) is 0 Å². The standard InChI is InChI=1S/C12H10F2S.C7H14N2O2.C4H9NO/c1-8-2-4-9(5-3-8)11-6-10(7-15-11)12(13)14;10-7(11)9-5-3-6-2-1-4-8-6;6-4-1-2-5-3-4/h2-7,12H,1H3;6,8-9H,1-5H2,(H,10,11);4-6H,1-3H2. The smallest absolute Gasteiger partial charge is 0.404 e. The predicted molar refractivity (Wildman–Crippen MR) is 125 cm³/mol. The van der Waals surface area contributed by atoms with E-state index in [2.05, 4.69) is 16.0 Å². The zero-order valence-corrected chi connectivity index (χ0v) is 19.1. The molecule has 0 bridgehead atoms. The lowest BCUT2D eigenvalue weighted by Gasteiger charge is -2.08. The van der Waals surface area contributed by atoms with Crippen molar-refractivity contribution >= 4 is 17.4 Å². The van der Waals surface area contributed by atoms with Gasteiger partial charge >= 0.3 is 6.09 Å². The minimum atomic E-state index is -2.37. The number of β-amino-alcohol motifs (C(OH)–C–C–N with tert-alkyl or cyclic N) is 1. The lowest BCUT2D eigenvalue weighted by Crippen LogP contribution is -2.29. The van der Waals surface area contributed by atoms with Gasteiger partial charge in [0, 0.05) is 35.0 Å². The minimum Gasteiger partial charge on any atom is -0.465 e. The van der Waals surface area contributed by atoms with Gasteiger partial charge in [-0.05, 0) is 57.3 Å². The highest BCUT2D eigenvalue weighted by Crippen LogP contribution is 2.31. The molecule has 2 aliphatic heterocycles. The van der Waals surface area contributed by atoms with E-state index in [0.717, 1.165) is 42.9 Å². The van der Waals surface area contributed by atoms with Gasteiger partial charge in [-0.1, -0.05) is 29.8 Å². The number of carbonyl (C=O) groups is 1.